The number of rotatable bonds is 4. The summed E-state index contributed by atoms with van der Waals surface area (Å²) in [5.74, 6) is 0.961. The molecule has 1 fully saturated rings. The molecule has 1 aliphatic heterocycles. The molecule has 0 saturated carbocycles. The van der Waals surface area contributed by atoms with Crippen LogP contribution in [-0.4, -0.2) is 41.4 Å². The summed E-state index contributed by atoms with van der Waals surface area (Å²) in [7, 11) is 0. The second-order valence-electron chi connectivity index (χ2n) is 5.04. The number of carbonyl (C=O) groups excluding carboxylic acids is 1. The van der Waals surface area contributed by atoms with Gasteiger partial charge < -0.3 is 11.1 Å². The molecule has 4 nitrogen and oxygen atoms in total. The van der Waals surface area contributed by atoms with E-state index < -0.39 is 0 Å². The molecule has 2 rings (SSSR count). The lowest BCUT2D eigenvalue weighted by Crippen LogP contribution is -2.42. The maximum absolute atomic E-state index is 12.2. The molecule has 1 atom stereocenters. The van der Waals surface area contributed by atoms with Crippen LogP contribution in [0.3, 0.4) is 0 Å². The third-order valence-electron chi connectivity index (χ3n) is 3.40. The molecule has 1 aromatic carbocycles. The van der Waals surface area contributed by atoms with E-state index in [0.29, 0.717) is 33.2 Å². The first-order valence-electron chi connectivity index (χ1n) is 6.88. The van der Waals surface area contributed by atoms with Crippen LogP contribution < -0.4 is 11.1 Å². The first-order valence-corrected chi connectivity index (χ1v) is 8.68. The molecule has 7 heteroatoms. The Hall–Kier alpha value is -0.620. The van der Waals surface area contributed by atoms with Crippen LogP contribution in [0, 0.1) is 0 Å². The highest BCUT2D eigenvalue weighted by molar-refractivity contribution is 8.00. The molecule has 1 unspecified atom stereocenters. The highest BCUT2D eigenvalue weighted by Crippen LogP contribution is 2.32. The number of anilines is 2. The predicted molar refractivity (Wildman–Crippen MR) is 92.5 cm³/mol. The van der Waals surface area contributed by atoms with Gasteiger partial charge in [-0.05, 0) is 18.6 Å². The number of amides is 1. The Labute approximate surface area is 139 Å². The summed E-state index contributed by atoms with van der Waals surface area (Å²) in [6.45, 7) is 4.40. The zero-order valence-corrected chi connectivity index (χ0v) is 14.2. The molecule has 1 aliphatic rings. The van der Waals surface area contributed by atoms with Crippen molar-refractivity contribution in [1.82, 2.24) is 4.90 Å². The molecular formula is C14H19Cl2N3OS. The van der Waals surface area contributed by atoms with Gasteiger partial charge in [0.25, 0.3) is 0 Å². The molecule has 116 valence electrons. The van der Waals surface area contributed by atoms with Gasteiger partial charge in [-0.3, -0.25) is 9.69 Å². The van der Waals surface area contributed by atoms with Gasteiger partial charge in [-0.25, -0.2) is 0 Å². The van der Waals surface area contributed by atoms with Gasteiger partial charge in [-0.1, -0.05) is 30.1 Å². The van der Waals surface area contributed by atoms with Crippen LogP contribution in [0.25, 0.3) is 0 Å². The Balaban J connectivity index is 1.96. The number of carbonyl (C=O) groups is 1. The summed E-state index contributed by atoms with van der Waals surface area (Å²) in [5.41, 5.74) is 6.66. The average molecular weight is 348 g/mol. The van der Waals surface area contributed by atoms with E-state index in [1.807, 2.05) is 11.8 Å². The van der Waals surface area contributed by atoms with E-state index in [1.165, 1.54) is 0 Å². The van der Waals surface area contributed by atoms with Gasteiger partial charge in [0.15, 0.2) is 0 Å². The summed E-state index contributed by atoms with van der Waals surface area (Å²) >= 11 is 13.9. The molecule has 0 radical (unpaired) electrons. The minimum Gasteiger partial charge on any atom is -0.397 e. The van der Waals surface area contributed by atoms with Gasteiger partial charge in [0, 0.05) is 29.1 Å². The third-order valence-corrected chi connectivity index (χ3v) is 5.28. The molecule has 1 aromatic rings. The van der Waals surface area contributed by atoms with Gasteiger partial charge in [0.2, 0.25) is 5.91 Å². The molecule has 21 heavy (non-hydrogen) atoms. The maximum atomic E-state index is 12.2. The molecule has 1 heterocycles. The Morgan fingerprint density at radius 3 is 2.95 bits per heavy atom. The van der Waals surface area contributed by atoms with Gasteiger partial charge in [-0.15, -0.1) is 0 Å². The normalized spacial score (nSPS) is 19.5. The quantitative estimate of drug-likeness (QED) is 0.820. The molecule has 3 N–H and O–H groups in total. The van der Waals surface area contributed by atoms with Crippen LogP contribution in [0.5, 0.6) is 0 Å². The molecule has 0 spiro atoms. The minimum absolute atomic E-state index is 0.104. The largest absolute Gasteiger partial charge is 0.397 e. The van der Waals surface area contributed by atoms with E-state index in [2.05, 4.69) is 17.1 Å². The lowest BCUT2D eigenvalue weighted by molar-refractivity contribution is -0.117. The highest BCUT2D eigenvalue weighted by atomic mass is 35.5. The van der Waals surface area contributed by atoms with Gasteiger partial charge in [0.05, 0.1) is 22.9 Å². The van der Waals surface area contributed by atoms with Gasteiger partial charge in [0.1, 0.15) is 0 Å². The van der Waals surface area contributed by atoms with Crippen LogP contribution in [-0.2, 0) is 4.79 Å². The van der Waals surface area contributed by atoms with Crippen molar-refractivity contribution in [2.45, 2.75) is 18.6 Å². The van der Waals surface area contributed by atoms with Crippen molar-refractivity contribution in [3.05, 3.63) is 22.2 Å². The number of halogens is 2. The fraction of sp³-hybridized carbons (Fsp3) is 0.500. The van der Waals surface area contributed by atoms with Crippen LogP contribution in [0.1, 0.15) is 13.3 Å². The molecule has 0 aliphatic carbocycles. The SMILES string of the molecule is CCC1CN(CC(=O)Nc2c(N)cc(Cl)cc2Cl)CCS1. The van der Waals surface area contributed by atoms with E-state index in [4.69, 9.17) is 28.9 Å². The van der Waals surface area contributed by atoms with Crippen molar-refractivity contribution in [3.8, 4) is 0 Å². The number of thioether (sulfide) groups is 1. The van der Waals surface area contributed by atoms with E-state index in [0.717, 1.165) is 25.3 Å². The monoisotopic (exact) mass is 347 g/mol. The lowest BCUT2D eigenvalue weighted by Gasteiger charge is -2.31. The van der Waals surface area contributed by atoms with Crippen LogP contribution in [0.15, 0.2) is 12.1 Å². The number of nitrogens with one attached hydrogen (secondary N) is 1. The maximum Gasteiger partial charge on any atom is 0.238 e. The fourth-order valence-corrected chi connectivity index (χ4v) is 4.08. The predicted octanol–water partition coefficient (Wildman–Crippen LogP) is 3.34. The lowest BCUT2D eigenvalue weighted by atomic mass is 10.2. The number of nitrogen functional groups attached to an aromatic ring is 1. The highest BCUT2D eigenvalue weighted by Gasteiger charge is 2.21. The first kappa shape index (κ1) is 16.7. The number of hydrogen-bond acceptors (Lipinski definition) is 4. The molecular weight excluding hydrogens is 329 g/mol. The second kappa shape index (κ2) is 7.58. The molecule has 1 saturated heterocycles. The Kier molecular flexibility index (Phi) is 6.05. The Morgan fingerprint density at radius 1 is 1.52 bits per heavy atom. The third kappa shape index (κ3) is 4.68. The molecule has 1 amide bonds. The topological polar surface area (TPSA) is 58.4 Å². The van der Waals surface area contributed by atoms with E-state index in [-0.39, 0.29) is 5.91 Å². The summed E-state index contributed by atoms with van der Waals surface area (Å²) < 4.78 is 0. The Morgan fingerprint density at radius 2 is 2.29 bits per heavy atom. The average Bonchev–Trinajstić information content (AvgIpc) is 2.43. The van der Waals surface area contributed by atoms with Crippen LogP contribution in [0.4, 0.5) is 11.4 Å². The summed E-state index contributed by atoms with van der Waals surface area (Å²) in [5, 5.41) is 4.20. The van der Waals surface area contributed by atoms with Crippen molar-refractivity contribution >= 4 is 52.2 Å². The number of benzene rings is 1. The van der Waals surface area contributed by atoms with Crippen LogP contribution in [0.2, 0.25) is 10.0 Å². The van der Waals surface area contributed by atoms with Crippen LogP contribution >= 0.6 is 35.0 Å². The van der Waals surface area contributed by atoms with E-state index >= 15 is 0 Å². The van der Waals surface area contributed by atoms with Crippen molar-refractivity contribution < 1.29 is 4.79 Å². The summed E-state index contributed by atoms with van der Waals surface area (Å²) in [4.78, 5) is 14.3. The second-order valence-corrected chi connectivity index (χ2v) is 7.29. The van der Waals surface area contributed by atoms with Gasteiger partial charge in [-0.2, -0.15) is 11.8 Å². The zero-order valence-electron chi connectivity index (χ0n) is 11.9. The van der Waals surface area contributed by atoms with Crippen molar-refractivity contribution in [3.63, 3.8) is 0 Å². The smallest absolute Gasteiger partial charge is 0.238 e. The Bertz CT molecular complexity index is 504. The fourth-order valence-electron chi connectivity index (χ4n) is 2.28. The first-order chi connectivity index (χ1) is 9.99. The summed E-state index contributed by atoms with van der Waals surface area (Å²) in [6, 6.07) is 3.15. The molecule has 0 bridgehead atoms. The zero-order chi connectivity index (χ0) is 15.4. The summed E-state index contributed by atoms with van der Waals surface area (Å²) in [6.07, 6.45) is 1.12. The van der Waals surface area contributed by atoms with Crippen molar-refractivity contribution in [1.29, 1.82) is 0 Å². The molecule has 0 aromatic heterocycles. The standard InChI is InChI=1S/C14H19Cl2N3OS/c1-2-10-7-19(3-4-21-10)8-13(20)18-14-11(16)5-9(15)6-12(14)17/h5-6,10H,2-4,7-8,17H2,1H3,(H,18,20). The van der Waals surface area contributed by atoms with E-state index in [9.17, 15) is 4.79 Å². The minimum atomic E-state index is -0.104. The number of nitrogens with two attached hydrogens (primary N) is 1. The number of nitrogens with zero attached hydrogens (tertiary/aromatic N) is 1. The van der Waals surface area contributed by atoms with Gasteiger partial charge >= 0.3 is 0 Å². The van der Waals surface area contributed by atoms with E-state index in [1.54, 1.807) is 12.1 Å². The van der Waals surface area contributed by atoms with Crippen molar-refractivity contribution in [2.75, 3.05) is 36.4 Å². The van der Waals surface area contributed by atoms with Crippen molar-refractivity contribution in [2.24, 2.45) is 0 Å². The number of hydrogen-bond donors (Lipinski definition) is 2.